The highest BCUT2D eigenvalue weighted by atomic mass is 16.2. The Labute approximate surface area is 190 Å². The maximum absolute atomic E-state index is 13.5. The van der Waals surface area contributed by atoms with Gasteiger partial charge in [0.05, 0.1) is 16.7 Å². The van der Waals surface area contributed by atoms with Gasteiger partial charge in [0.25, 0.3) is 0 Å². The number of carbonyl (C=O) groups excluding carboxylic acids is 2. The van der Waals surface area contributed by atoms with E-state index < -0.39 is 0 Å². The van der Waals surface area contributed by atoms with Crippen molar-refractivity contribution in [3.8, 4) is 0 Å². The van der Waals surface area contributed by atoms with Crippen LogP contribution >= 0.6 is 0 Å². The number of para-hydroxylation sites is 1. The molecule has 0 aliphatic rings. The van der Waals surface area contributed by atoms with Crippen LogP contribution in [0.15, 0.2) is 67.0 Å². The lowest BCUT2D eigenvalue weighted by Crippen LogP contribution is -2.26. The van der Waals surface area contributed by atoms with Gasteiger partial charge in [-0.25, -0.2) is 9.78 Å². The van der Waals surface area contributed by atoms with Gasteiger partial charge in [0.2, 0.25) is 0 Å². The zero-order chi connectivity index (χ0) is 23.1. The number of nitrogens with zero attached hydrogens (tertiary/aromatic N) is 4. The van der Waals surface area contributed by atoms with Gasteiger partial charge in [-0.1, -0.05) is 36.4 Å². The molecular weight excluding hydrogens is 414 g/mol. The zero-order valence-electron chi connectivity index (χ0n) is 18.7. The molecule has 3 heterocycles. The first-order valence-corrected chi connectivity index (χ1v) is 10.7. The Morgan fingerprint density at radius 1 is 1.06 bits per heavy atom. The SMILES string of the molecule is Cc1nc2c(Cc3cccc(C(=O)c4cn(C(=O)N(C)C)c5ccccc45)c3)nccc2[nH]1. The quantitative estimate of drug-likeness (QED) is 0.418. The van der Waals surface area contributed by atoms with Gasteiger partial charge in [-0.2, -0.15) is 0 Å². The van der Waals surface area contributed by atoms with Crippen molar-refractivity contribution in [2.45, 2.75) is 13.3 Å². The third-order valence-corrected chi connectivity index (χ3v) is 5.70. The molecule has 1 N–H and O–H groups in total. The topological polar surface area (TPSA) is 83.9 Å². The highest BCUT2D eigenvalue weighted by Crippen LogP contribution is 2.25. The number of imidazole rings is 1. The summed E-state index contributed by atoms with van der Waals surface area (Å²) in [5, 5.41) is 0.751. The summed E-state index contributed by atoms with van der Waals surface area (Å²) in [5.74, 6) is 0.715. The number of benzene rings is 2. The minimum Gasteiger partial charge on any atom is -0.342 e. The lowest BCUT2D eigenvalue weighted by atomic mass is 9.99. The predicted molar refractivity (Wildman–Crippen MR) is 128 cm³/mol. The van der Waals surface area contributed by atoms with Gasteiger partial charge in [0.15, 0.2) is 5.78 Å². The summed E-state index contributed by atoms with van der Waals surface area (Å²) >= 11 is 0. The van der Waals surface area contributed by atoms with Gasteiger partial charge in [-0.05, 0) is 30.7 Å². The van der Waals surface area contributed by atoms with Crippen LogP contribution in [0.4, 0.5) is 4.79 Å². The smallest absolute Gasteiger partial charge is 0.328 e. The summed E-state index contributed by atoms with van der Waals surface area (Å²) in [6, 6.07) is 16.7. The first-order valence-electron chi connectivity index (χ1n) is 10.7. The number of fused-ring (bicyclic) bond motifs is 2. The third kappa shape index (κ3) is 3.67. The van der Waals surface area contributed by atoms with Crippen molar-refractivity contribution < 1.29 is 9.59 Å². The van der Waals surface area contributed by atoms with E-state index in [1.807, 2.05) is 55.5 Å². The number of H-pyrrole nitrogens is 1. The van der Waals surface area contributed by atoms with Crippen molar-refractivity contribution in [1.82, 2.24) is 24.4 Å². The Morgan fingerprint density at radius 3 is 2.70 bits per heavy atom. The standard InChI is InChI=1S/C26H23N5O2/c1-16-28-21-11-12-27-22(24(21)29-16)14-17-7-6-8-18(13-17)25(32)20-15-31(26(33)30(2)3)23-10-5-4-9-19(20)23/h4-13,15H,14H2,1-3H3,(H,28,29). The van der Waals surface area contributed by atoms with E-state index in [-0.39, 0.29) is 11.8 Å². The number of amides is 1. The van der Waals surface area contributed by atoms with Crippen LogP contribution in [0, 0.1) is 6.92 Å². The number of pyridine rings is 1. The number of hydrogen-bond acceptors (Lipinski definition) is 4. The Morgan fingerprint density at radius 2 is 1.88 bits per heavy atom. The average Bonchev–Trinajstić information content (AvgIpc) is 3.39. The number of aromatic nitrogens is 4. The Balaban J connectivity index is 1.52. The molecule has 33 heavy (non-hydrogen) atoms. The molecule has 164 valence electrons. The van der Waals surface area contributed by atoms with Gasteiger partial charge < -0.3 is 9.88 Å². The summed E-state index contributed by atoms with van der Waals surface area (Å²) < 4.78 is 1.52. The minimum absolute atomic E-state index is 0.125. The van der Waals surface area contributed by atoms with Crippen LogP contribution in [0.1, 0.15) is 33.0 Å². The van der Waals surface area contributed by atoms with Crippen LogP contribution in [-0.2, 0) is 6.42 Å². The van der Waals surface area contributed by atoms with E-state index in [9.17, 15) is 9.59 Å². The fourth-order valence-corrected chi connectivity index (χ4v) is 4.15. The predicted octanol–water partition coefficient (Wildman–Crippen LogP) is 4.57. The molecule has 0 fully saturated rings. The zero-order valence-corrected chi connectivity index (χ0v) is 18.7. The second kappa shape index (κ2) is 8.02. The fourth-order valence-electron chi connectivity index (χ4n) is 4.15. The van der Waals surface area contributed by atoms with E-state index >= 15 is 0 Å². The maximum Gasteiger partial charge on any atom is 0.328 e. The second-order valence-electron chi connectivity index (χ2n) is 8.29. The molecule has 0 aliphatic heterocycles. The third-order valence-electron chi connectivity index (χ3n) is 5.70. The molecule has 3 aromatic heterocycles. The highest BCUT2D eigenvalue weighted by molar-refractivity contribution is 6.17. The summed E-state index contributed by atoms with van der Waals surface area (Å²) in [4.78, 5) is 40.0. The van der Waals surface area contributed by atoms with Crippen molar-refractivity contribution in [3.05, 3.63) is 95.2 Å². The number of aromatic amines is 1. The van der Waals surface area contributed by atoms with Crippen LogP contribution in [0.2, 0.25) is 0 Å². The van der Waals surface area contributed by atoms with E-state index in [1.54, 1.807) is 32.6 Å². The van der Waals surface area contributed by atoms with Crippen molar-refractivity contribution in [3.63, 3.8) is 0 Å². The summed E-state index contributed by atoms with van der Waals surface area (Å²) in [7, 11) is 3.38. The first kappa shape index (κ1) is 20.6. The van der Waals surface area contributed by atoms with E-state index in [2.05, 4.69) is 15.0 Å². The van der Waals surface area contributed by atoms with Crippen LogP contribution in [0.25, 0.3) is 21.9 Å². The van der Waals surface area contributed by atoms with Gasteiger partial charge in [0.1, 0.15) is 11.3 Å². The van der Waals surface area contributed by atoms with Crippen molar-refractivity contribution in [2.75, 3.05) is 14.1 Å². The van der Waals surface area contributed by atoms with E-state index in [4.69, 9.17) is 0 Å². The number of nitrogens with one attached hydrogen (secondary N) is 1. The Hall–Kier alpha value is -4.26. The van der Waals surface area contributed by atoms with Crippen LogP contribution in [-0.4, -0.2) is 50.3 Å². The molecule has 7 nitrogen and oxygen atoms in total. The molecule has 0 bridgehead atoms. The molecule has 0 aliphatic carbocycles. The highest BCUT2D eigenvalue weighted by Gasteiger charge is 2.20. The summed E-state index contributed by atoms with van der Waals surface area (Å²) in [6.07, 6.45) is 3.96. The van der Waals surface area contributed by atoms with E-state index in [0.717, 1.165) is 33.5 Å². The van der Waals surface area contributed by atoms with Crippen LogP contribution in [0.5, 0.6) is 0 Å². The van der Waals surface area contributed by atoms with Gasteiger partial charge >= 0.3 is 6.03 Å². The van der Waals surface area contributed by atoms with Gasteiger partial charge in [0, 0.05) is 49.4 Å². The largest absolute Gasteiger partial charge is 0.342 e. The summed E-state index contributed by atoms with van der Waals surface area (Å²) in [6.45, 7) is 1.92. The molecule has 0 unspecified atom stereocenters. The number of aryl methyl sites for hydroxylation is 1. The Bertz CT molecular complexity index is 1530. The van der Waals surface area contributed by atoms with Crippen LogP contribution in [0.3, 0.4) is 0 Å². The second-order valence-corrected chi connectivity index (χ2v) is 8.29. The lowest BCUT2D eigenvalue weighted by molar-refractivity contribution is 0.104. The van der Waals surface area contributed by atoms with Gasteiger partial charge in [-0.15, -0.1) is 0 Å². The molecule has 0 radical (unpaired) electrons. The Kier molecular flexibility index (Phi) is 5.01. The molecule has 0 spiro atoms. The van der Waals surface area contributed by atoms with Crippen molar-refractivity contribution in [1.29, 1.82) is 0 Å². The fraction of sp³-hybridized carbons (Fsp3) is 0.154. The first-order chi connectivity index (χ1) is 15.9. The molecule has 5 aromatic rings. The monoisotopic (exact) mass is 437 g/mol. The van der Waals surface area contributed by atoms with Crippen molar-refractivity contribution >= 4 is 33.8 Å². The molecule has 0 saturated heterocycles. The number of ketones is 1. The van der Waals surface area contributed by atoms with Crippen LogP contribution < -0.4 is 0 Å². The molecular formula is C26H23N5O2. The maximum atomic E-state index is 13.5. The molecule has 5 rings (SSSR count). The van der Waals surface area contributed by atoms with Gasteiger partial charge in [-0.3, -0.25) is 14.3 Å². The molecule has 0 saturated carbocycles. The van der Waals surface area contributed by atoms with E-state index in [1.165, 1.54) is 9.47 Å². The van der Waals surface area contributed by atoms with E-state index in [0.29, 0.717) is 23.1 Å². The summed E-state index contributed by atoms with van der Waals surface area (Å²) in [5.41, 5.74) is 5.39. The molecule has 2 aromatic carbocycles. The normalized spacial score (nSPS) is 11.2. The number of hydrogen-bond donors (Lipinski definition) is 1. The number of rotatable bonds is 4. The number of carbonyl (C=O) groups is 2. The molecule has 1 amide bonds. The average molecular weight is 438 g/mol. The van der Waals surface area contributed by atoms with Crippen molar-refractivity contribution in [2.24, 2.45) is 0 Å². The molecule has 7 heteroatoms. The minimum atomic E-state index is -0.201. The lowest BCUT2D eigenvalue weighted by Gasteiger charge is -2.11. The molecule has 0 atom stereocenters.